The molecule has 30 heavy (non-hydrogen) atoms. The summed E-state index contributed by atoms with van der Waals surface area (Å²) in [7, 11) is -1.80. The number of amides is 1. The number of piperidine rings is 1. The van der Waals surface area contributed by atoms with E-state index in [0.717, 1.165) is 16.5 Å². The standard InChI is InChI=1S/C19H25N3O6S2/c1-4-28-17(23)12-22-15-8-7-14(27-2)10-16(15)29-19(22)20-18(24)13-6-5-9-21(11-13)30(3,25)26/h7-8,10,13H,4-6,9,11-12H2,1-3H3. The fraction of sp³-hybridized carbons (Fsp3) is 0.526. The van der Waals surface area contributed by atoms with Crippen LogP contribution in [0.2, 0.25) is 0 Å². The largest absolute Gasteiger partial charge is 0.497 e. The summed E-state index contributed by atoms with van der Waals surface area (Å²) in [6.07, 6.45) is 2.32. The third-order valence-corrected chi connectivity index (χ3v) is 7.20. The number of aromatic nitrogens is 1. The fourth-order valence-electron chi connectivity index (χ4n) is 3.39. The van der Waals surface area contributed by atoms with Crippen LogP contribution in [-0.2, 0) is 30.9 Å². The number of carbonyl (C=O) groups excluding carboxylic acids is 2. The van der Waals surface area contributed by atoms with Crippen molar-refractivity contribution < 1.29 is 27.5 Å². The topological polar surface area (TPSA) is 107 Å². The number of thiazole rings is 1. The number of methoxy groups -OCH3 is 1. The molecular weight excluding hydrogens is 430 g/mol. The van der Waals surface area contributed by atoms with E-state index in [1.807, 2.05) is 6.07 Å². The molecule has 9 nitrogen and oxygen atoms in total. The molecule has 1 unspecified atom stereocenters. The summed E-state index contributed by atoms with van der Waals surface area (Å²) in [6.45, 7) is 2.44. The van der Waals surface area contributed by atoms with Crippen molar-refractivity contribution in [3.8, 4) is 5.75 Å². The Hall–Kier alpha value is -2.24. The minimum absolute atomic E-state index is 0.0770. The minimum Gasteiger partial charge on any atom is -0.497 e. The normalized spacial score (nSPS) is 18.5. The van der Waals surface area contributed by atoms with Gasteiger partial charge in [0, 0.05) is 13.1 Å². The average molecular weight is 456 g/mol. The monoisotopic (exact) mass is 455 g/mol. The summed E-state index contributed by atoms with van der Waals surface area (Å²) < 4.78 is 37.8. The van der Waals surface area contributed by atoms with Crippen molar-refractivity contribution >= 4 is 43.5 Å². The molecule has 1 aromatic heterocycles. The highest BCUT2D eigenvalue weighted by Crippen LogP contribution is 2.24. The molecule has 2 heterocycles. The molecule has 164 valence electrons. The van der Waals surface area contributed by atoms with E-state index in [0.29, 0.717) is 29.9 Å². The average Bonchev–Trinajstić information content (AvgIpc) is 3.03. The predicted molar refractivity (Wildman–Crippen MR) is 113 cm³/mol. The molecule has 0 saturated carbocycles. The molecule has 0 radical (unpaired) electrons. The predicted octanol–water partition coefficient (Wildman–Crippen LogP) is 1.37. The maximum atomic E-state index is 12.9. The van der Waals surface area contributed by atoms with E-state index in [-0.39, 0.29) is 25.6 Å². The van der Waals surface area contributed by atoms with Crippen molar-refractivity contribution in [3.05, 3.63) is 23.0 Å². The van der Waals surface area contributed by atoms with E-state index in [1.165, 1.54) is 15.6 Å². The third-order valence-electron chi connectivity index (χ3n) is 4.89. The highest BCUT2D eigenvalue weighted by atomic mass is 32.2. The quantitative estimate of drug-likeness (QED) is 0.609. The van der Waals surface area contributed by atoms with Crippen LogP contribution >= 0.6 is 11.3 Å². The van der Waals surface area contributed by atoms with E-state index in [9.17, 15) is 18.0 Å². The second kappa shape index (κ2) is 9.27. The number of hydrogen-bond acceptors (Lipinski definition) is 7. The lowest BCUT2D eigenvalue weighted by atomic mass is 9.99. The van der Waals surface area contributed by atoms with Gasteiger partial charge >= 0.3 is 5.97 Å². The van der Waals surface area contributed by atoms with Crippen LogP contribution in [0.5, 0.6) is 5.75 Å². The summed E-state index contributed by atoms with van der Waals surface area (Å²) in [4.78, 5) is 29.6. The zero-order valence-corrected chi connectivity index (χ0v) is 18.8. The van der Waals surface area contributed by atoms with Gasteiger partial charge in [0.2, 0.25) is 10.0 Å². The molecule has 1 fully saturated rings. The van der Waals surface area contributed by atoms with E-state index in [1.54, 1.807) is 30.7 Å². The number of rotatable bonds is 6. The summed E-state index contributed by atoms with van der Waals surface area (Å²) in [6, 6.07) is 5.39. The maximum Gasteiger partial charge on any atom is 0.326 e. The van der Waals surface area contributed by atoms with Gasteiger partial charge in [0.1, 0.15) is 12.3 Å². The highest BCUT2D eigenvalue weighted by Gasteiger charge is 2.30. The lowest BCUT2D eigenvalue weighted by molar-refractivity contribution is -0.143. The van der Waals surface area contributed by atoms with Crippen LogP contribution in [0.4, 0.5) is 0 Å². The van der Waals surface area contributed by atoms with Crippen LogP contribution in [0.3, 0.4) is 0 Å². The maximum absolute atomic E-state index is 12.9. The number of ether oxygens (including phenoxy) is 2. The minimum atomic E-state index is -3.36. The zero-order chi connectivity index (χ0) is 21.9. The Kier molecular flexibility index (Phi) is 6.94. The number of sulfonamides is 1. The molecule has 2 aromatic rings. The van der Waals surface area contributed by atoms with E-state index in [2.05, 4.69) is 4.99 Å². The Morgan fingerprint density at radius 1 is 1.33 bits per heavy atom. The van der Waals surface area contributed by atoms with Gasteiger partial charge in [-0.05, 0) is 38.0 Å². The number of esters is 1. The van der Waals surface area contributed by atoms with Gasteiger partial charge in [-0.1, -0.05) is 11.3 Å². The lowest BCUT2D eigenvalue weighted by Crippen LogP contribution is -2.41. The first-order chi connectivity index (χ1) is 14.2. The van der Waals surface area contributed by atoms with Crippen LogP contribution in [0.25, 0.3) is 10.2 Å². The molecule has 1 amide bonds. The van der Waals surface area contributed by atoms with Crippen molar-refractivity contribution in [2.75, 3.05) is 33.1 Å². The van der Waals surface area contributed by atoms with Gasteiger partial charge in [-0.15, -0.1) is 0 Å². The van der Waals surface area contributed by atoms with Crippen LogP contribution in [0, 0.1) is 5.92 Å². The first-order valence-electron chi connectivity index (χ1n) is 9.59. The van der Waals surface area contributed by atoms with Gasteiger partial charge < -0.3 is 14.0 Å². The second-order valence-corrected chi connectivity index (χ2v) is 10.0. The zero-order valence-electron chi connectivity index (χ0n) is 17.2. The van der Waals surface area contributed by atoms with Crippen molar-refractivity contribution in [1.29, 1.82) is 0 Å². The molecule has 3 rings (SSSR count). The molecule has 1 aliphatic heterocycles. The SMILES string of the molecule is CCOC(=O)Cn1c(=NC(=O)C2CCCN(S(C)(=O)=O)C2)sc2cc(OC)ccc21. The summed E-state index contributed by atoms with van der Waals surface area (Å²) in [5, 5.41) is 0. The molecule has 0 spiro atoms. The molecular formula is C19H25N3O6S2. The van der Waals surface area contributed by atoms with Gasteiger partial charge in [-0.3, -0.25) is 9.59 Å². The lowest BCUT2D eigenvalue weighted by Gasteiger charge is -2.28. The summed E-state index contributed by atoms with van der Waals surface area (Å²) >= 11 is 1.27. The summed E-state index contributed by atoms with van der Waals surface area (Å²) in [5.41, 5.74) is 0.738. The number of fused-ring (bicyclic) bond motifs is 1. The molecule has 0 N–H and O–H groups in total. The number of benzene rings is 1. The van der Waals surface area contributed by atoms with E-state index < -0.39 is 21.9 Å². The molecule has 1 saturated heterocycles. The van der Waals surface area contributed by atoms with Crippen LogP contribution < -0.4 is 9.54 Å². The van der Waals surface area contributed by atoms with E-state index >= 15 is 0 Å². The Morgan fingerprint density at radius 3 is 2.77 bits per heavy atom. The Morgan fingerprint density at radius 2 is 2.10 bits per heavy atom. The smallest absolute Gasteiger partial charge is 0.326 e. The second-order valence-electron chi connectivity index (χ2n) is 7.02. The number of carbonyl (C=O) groups is 2. The van der Waals surface area contributed by atoms with Gasteiger partial charge in [0.05, 0.1) is 36.1 Å². The number of nitrogens with zero attached hydrogens (tertiary/aromatic N) is 3. The number of hydrogen-bond donors (Lipinski definition) is 0. The Bertz CT molecular complexity index is 1120. The van der Waals surface area contributed by atoms with Gasteiger partial charge in [0.15, 0.2) is 4.80 Å². The molecule has 1 aromatic carbocycles. The van der Waals surface area contributed by atoms with Crippen molar-refractivity contribution in [3.63, 3.8) is 0 Å². The van der Waals surface area contributed by atoms with Gasteiger partial charge in [0.25, 0.3) is 5.91 Å². The van der Waals surface area contributed by atoms with Crippen LogP contribution in [0.1, 0.15) is 19.8 Å². The molecule has 11 heteroatoms. The molecule has 0 aliphatic carbocycles. The van der Waals surface area contributed by atoms with Crippen molar-refractivity contribution in [1.82, 2.24) is 8.87 Å². The highest BCUT2D eigenvalue weighted by molar-refractivity contribution is 7.88. The molecule has 1 atom stereocenters. The third kappa shape index (κ3) is 5.08. The summed E-state index contributed by atoms with van der Waals surface area (Å²) in [5.74, 6) is -0.674. The first-order valence-corrected chi connectivity index (χ1v) is 12.3. The molecule has 0 bridgehead atoms. The Labute approximate surface area is 179 Å². The fourth-order valence-corrected chi connectivity index (χ4v) is 5.36. The van der Waals surface area contributed by atoms with Crippen molar-refractivity contribution in [2.24, 2.45) is 10.9 Å². The Balaban J connectivity index is 1.99. The van der Waals surface area contributed by atoms with Crippen LogP contribution in [-0.4, -0.2) is 62.2 Å². The van der Waals surface area contributed by atoms with Gasteiger partial charge in [-0.25, -0.2) is 12.7 Å². The van der Waals surface area contributed by atoms with Crippen LogP contribution in [0.15, 0.2) is 23.2 Å². The molecule has 1 aliphatic rings. The van der Waals surface area contributed by atoms with Gasteiger partial charge in [-0.2, -0.15) is 4.99 Å². The van der Waals surface area contributed by atoms with E-state index in [4.69, 9.17) is 9.47 Å². The first kappa shape index (κ1) is 22.4. The van der Waals surface area contributed by atoms with Crippen molar-refractivity contribution in [2.45, 2.75) is 26.3 Å².